The molecule has 8 heteroatoms. The molecule has 0 aliphatic rings. The Morgan fingerprint density at radius 1 is 0.967 bits per heavy atom. The number of rotatable bonds is 7. The van der Waals surface area contributed by atoms with E-state index in [0.29, 0.717) is 11.2 Å². The summed E-state index contributed by atoms with van der Waals surface area (Å²) in [7, 11) is 2.00. The molecule has 0 spiro atoms. The molecule has 6 nitrogen and oxygen atoms in total. The van der Waals surface area contributed by atoms with Crippen LogP contribution in [0.2, 0.25) is 0 Å². The van der Waals surface area contributed by atoms with E-state index in [1.807, 2.05) is 66.0 Å². The van der Waals surface area contributed by atoms with Crippen LogP contribution in [0.4, 0.5) is 23.1 Å². The van der Waals surface area contributed by atoms with E-state index in [-0.39, 0.29) is 0 Å². The molecule has 0 saturated carbocycles. The van der Waals surface area contributed by atoms with E-state index in [1.54, 1.807) is 0 Å². The molecule has 0 atom stereocenters. The molecule has 0 aliphatic heterocycles. The third kappa shape index (κ3) is 4.56. The van der Waals surface area contributed by atoms with Crippen LogP contribution < -0.4 is 15.8 Å². The van der Waals surface area contributed by atoms with Crippen LogP contribution in [0.15, 0.2) is 70.6 Å². The average Bonchev–Trinajstić information content (AvgIpc) is 3.10. The molecule has 2 aromatic heterocycles. The molecular formula is C22H24N6S2. The number of thioether (sulfide) groups is 1. The summed E-state index contributed by atoms with van der Waals surface area (Å²) in [6.07, 6.45) is 2.00. The van der Waals surface area contributed by atoms with E-state index >= 15 is 0 Å². The van der Waals surface area contributed by atoms with Crippen molar-refractivity contribution < 1.29 is 0 Å². The van der Waals surface area contributed by atoms with Gasteiger partial charge in [0.05, 0.1) is 11.2 Å². The first-order valence-electron chi connectivity index (χ1n) is 9.63. The van der Waals surface area contributed by atoms with Gasteiger partial charge in [-0.05, 0) is 54.4 Å². The predicted molar refractivity (Wildman–Crippen MR) is 129 cm³/mol. The zero-order chi connectivity index (χ0) is 21.1. The van der Waals surface area contributed by atoms with Gasteiger partial charge < -0.3 is 15.2 Å². The van der Waals surface area contributed by atoms with Crippen LogP contribution in [-0.2, 0) is 7.05 Å². The molecule has 0 amide bonds. The summed E-state index contributed by atoms with van der Waals surface area (Å²) in [5, 5.41) is 12.9. The fourth-order valence-electron chi connectivity index (χ4n) is 3.14. The third-order valence-corrected chi connectivity index (χ3v) is 6.09. The van der Waals surface area contributed by atoms with Crippen molar-refractivity contribution in [3.05, 3.63) is 60.8 Å². The van der Waals surface area contributed by atoms with Crippen molar-refractivity contribution in [3.63, 3.8) is 0 Å². The predicted octanol–water partition coefficient (Wildman–Crippen LogP) is 5.92. The number of hydrogen-bond acceptors (Lipinski definition) is 7. The summed E-state index contributed by atoms with van der Waals surface area (Å²) in [4.78, 5) is 11.7. The molecule has 2 aromatic carbocycles. The second kappa shape index (κ2) is 8.99. The zero-order valence-corrected chi connectivity index (χ0v) is 18.7. The van der Waals surface area contributed by atoms with Gasteiger partial charge in [-0.15, -0.1) is 11.8 Å². The van der Waals surface area contributed by atoms with Gasteiger partial charge in [0.15, 0.2) is 5.82 Å². The number of para-hydroxylation sites is 1. The van der Waals surface area contributed by atoms with Crippen molar-refractivity contribution in [1.29, 1.82) is 0 Å². The SMILES string of the molecule is CC(C)Sc1ccccc1Nc1nc(Nc2ccc(SN)cc2)nc2ccn(C)c12. The molecular weight excluding hydrogens is 412 g/mol. The summed E-state index contributed by atoms with van der Waals surface area (Å²) in [5.41, 5.74) is 3.78. The lowest BCUT2D eigenvalue weighted by Crippen LogP contribution is -2.04. The first-order chi connectivity index (χ1) is 14.5. The Hall–Kier alpha value is -2.68. The Balaban J connectivity index is 1.71. The second-order valence-corrected chi connectivity index (χ2v) is 9.44. The van der Waals surface area contributed by atoms with Gasteiger partial charge in [-0.2, -0.15) is 4.98 Å². The van der Waals surface area contributed by atoms with E-state index in [1.165, 1.54) is 16.8 Å². The van der Waals surface area contributed by atoms with E-state index in [2.05, 4.69) is 47.7 Å². The molecule has 30 heavy (non-hydrogen) atoms. The van der Waals surface area contributed by atoms with Crippen molar-refractivity contribution in [1.82, 2.24) is 14.5 Å². The van der Waals surface area contributed by atoms with Crippen LogP contribution in [0.3, 0.4) is 0 Å². The lowest BCUT2D eigenvalue weighted by molar-refractivity contribution is 0.964. The number of fused-ring (bicyclic) bond motifs is 1. The summed E-state index contributed by atoms with van der Waals surface area (Å²) in [6.45, 7) is 4.38. The number of anilines is 4. The minimum atomic E-state index is 0.486. The Labute approximate surface area is 184 Å². The van der Waals surface area contributed by atoms with Crippen LogP contribution in [0.25, 0.3) is 11.0 Å². The normalized spacial score (nSPS) is 11.2. The lowest BCUT2D eigenvalue weighted by atomic mass is 10.3. The third-order valence-electron chi connectivity index (χ3n) is 4.47. The van der Waals surface area contributed by atoms with Crippen LogP contribution in [0.5, 0.6) is 0 Å². The maximum absolute atomic E-state index is 5.61. The minimum Gasteiger partial charge on any atom is -0.346 e. The first kappa shape index (κ1) is 20.6. The zero-order valence-electron chi connectivity index (χ0n) is 17.1. The fourth-order valence-corrected chi connectivity index (χ4v) is 4.34. The molecule has 2 heterocycles. The molecule has 0 radical (unpaired) electrons. The topological polar surface area (TPSA) is 80.8 Å². The van der Waals surface area contributed by atoms with E-state index < -0.39 is 0 Å². The highest BCUT2D eigenvalue weighted by molar-refractivity contribution is 8.00. The number of aromatic nitrogens is 3. The van der Waals surface area contributed by atoms with Crippen LogP contribution >= 0.6 is 23.7 Å². The number of nitrogens with two attached hydrogens (primary N) is 1. The van der Waals surface area contributed by atoms with E-state index in [0.717, 1.165) is 33.1 Å². The Morgan fingerprint density at radius 3 is 2.47 bits per heavy atom. The van der Waals surface area contributed by atoms with Crippen molar-refractivity contribution in [2.24, 2.45) is 12.2 Å². The highest BCUT2D eigenvalue weighted by Gasteiger charge is 2.14. The molecule has 0 saturated heterocycles. The summed E-state index contributed by atoms with van der Waals surface area (Å²) >= 11 is 3.05. The summed E-state index contributed by atoms with van der Waals surface area (Å²) in [5.74, 6) is 1.30. The van der Waals surface area contributed by atoms with E-state index in [9.17, 15) is 0 Å². The Kier molecular flexibility index (Phi) is 6.17. The fraction of sp³-hybridized carbons (Fsp3) is 0.182. The maximum Gasteiger partial charge on any atom is 0.229 e. The molecule has 0 unspecified atom stereocenters. The van der Waals surface area contributed by atoms with Gasteiger partial charge >= 0.3 is 0 Å². The van der Waals surface area contributed by atoms with Gasteiger partial charge in [-0.3, -0.25) is 5.14 Å². The van der Waals surface area contributed by atoms with Crippen molar-refractivity contribution in [3.8, 4) is 0 Å². The Bertz CT molecular complexity index is 1150. The van der Waals surface area contributed by atoms with Crippen molar-refractivity contribution >= 4 is 57.9 Å². The minimum absolute atomic E-state index is 0.486. The van der Waals surface area contributed by atoms with E-state index in [4.69, 9.17) is 10.1 Å². The highest BCUT2D eigenvalue weighted by atomic mass is 32.2. The summed E-state index contributed by atoms with van der Waals surface area (Å²) in [6, 6.07) is 18.2. The lowest BCUT2D eigenvalue weighted by Gasteiger charge is -2.15. The largest absolute Gasteiger partial charge is 0.346 e. The Morgan fingerprint density at radius 2 is 1.73 bits per heavy atom. The number of benzene rings is 2. The number of aryl methyl sites for hydroxylation is 1. The molecule has 4 aromatic rings. The molecule has 0 fully saturated rings. The second-order valence-electron chi connectivity index (χ2n) is 7.11. The van der Waals surface area contributed by atoms with Crippen LogP contribution in [-0.4, -0.2) is 19.8 Å². The first-order valence-corrected chi connectivity index (χ1v) is 11.4. The van der Waals surface area contributed by atoms with Gasteiger partial charge in [0, 0.05) is 34.0 Å². The highest BCUT2D eigenvalue weighted by Crippen LogP contribution is 2.34. The molecule has 4 N–H and O–H groups in total. The molecule has 0 aliphatic carbocycles. The van der Waals surface area contributed by atoms with Crippen molar-refractivity contribution in [2.75, 3.05) is 10.6 Å². The number of hydrogen-bond donors (Lipinski definition) is 3. The smallest absolute Gasteiger partial charge is 0.229 e. The van der Waals surface area contributed by atoms with Crippen LogP contribution in [0.1, 0.15) is 13.8 Å². The summed E-state index contributed by atoms with van der Waals surface area (Å²) < 4.78 is 2.03. The maximum atomic E-state index is 5.61. The quantitative estimate of drug-likeness (QED) is 0.245. The number of nitrogens with one attached hydrogen (secondary N) is 2. The van der Waals surface area contributed by atoms with Gasteiger partial charge in [0.1, 0.15) is 5.52 Å². The van der Waals surface area contributed by atoms with Crippen molar-refractivity contribution in [2.45, 2.75) is 28.9 Å². The van der Waals surface area contributed by atoms with Gasteiger partial charge in [0.25, 0.3) is 0 Å². The average molecular weight is 437 g/mol. The standard InChI is InChI=1S/C22H24N6S2/c1-14(2)29-19-7-5-4-6-17(19)25-21-20-18(12-13-28(20)3)26-22(27-21)24-15-8-10-16(30-23)11-9-15/h4-14H,23H2,1-3H3,(H2,24,25,26,27). The number of nitrogens with zero attached hydrogens (tertiary/aromatic N) is 3. The van der Waals surface area contributed by atoms with Gasteiger partial charge in [-0.1, -0.05) is 26.0 Å². The molecule has 154 valence electrons. The van der Waals surface area contributed by atoms with Gasteiger partial charge in [-0.25, -0.2) is 4.98 Å². The molecule has 4 rings (SSSR count). The van der Waals surface area contributed by atoms with Crippen LogP contribution in [0, 0.1) is 0 Å². The van der Waals surface area contributed by atoms with Gasteiger partial charge in [0.2, 0.25) is 5.95 Å². The monoisotopic (exact) mass is 436 g/mol. The molecule has 0 bridgehead atoms.